The van der Waals surface area contributed by atoms with Crippen molar-refractivity contribution in [1.82, 2.24) is 20.5 Å². The lowest BCUT2D eigenvalue weighted by Crippen LogP contribution is -2.21. The molecule has 0 unspecified atom stereocenters. The molecule has 0 radical (unpaired) electrons. The SMILES string of the molecule is CC(C)NCc1ccc(Sc2ncn[nH]2)c(Cl)c1. The molecule has 2 aromatic rings. The minimum absolute atomic E-state index is 0.465. The second-order valence-corrected chi connectivity index (χ2v) is 5.63. The molecular weight excluding hydrogens is 268 g/mol. The van der Waals surface area contributed by atoms with Crippen LogP contribution in [0.5, 0.6) is 0 Å². The molecule has 0 aliphatic rings. The lowest BCUT2D eigenvalue weighted by atomic mass is 10.2. The van der Waals surface area contributed by atoms with Gasteiger partial charge >= 0.3 is 0 Å². The summed E-state index contributed by atoms with van der Waals surface area (Å²) in [6.07, 6.45) is 1.48. The average Bonchev–Trinajstić information content (AvgIpc) is 2.82. The number of nitrogens with one attached hydrogen (secondary N) is 2. The van der Waals surface area contributed by atoms with Gasteiger partial charge in [-0.1, -0.05) is 31.5 Å². The molecule has 6 heteroatoms. The minimum atomic E-state index is 0.465. The van der Waals surface area contributed by atoms with E-state index in [1.54, 1.807) is 0 Å². The van der Waals surface area contributed by atoms with Crippen molar-refractivity contribution in [2.24, 2.45) is 0 Å². The van der Waals surface area contributed by atoms with E-state index in [0.717, 1.165) is 21.6 Å². The third-order valence-corrected chi connectivity index (χ3v) is 3.70. The van der Waals surface area contributed by atoms with Crippen LogP contribution in [-0.2, 0) is 6.54 Å². The third-order valence-electron chi connectivity index (χ3n) is 2.31. The number of halogens is 1. The molecule has 0 fully saturated rings. The van der Waals surface area contributed by atoms with Crippen LogP contribution in [0.25, 0.3) is 0 Å². The molecule has 2 N–H and O–H groups in total. The number of aromatic nitrogens is 3. The molecule has 96 valence electrons. The van der Waals surface area contributed by atoms with Gasteiger partial charge in [0, 0.05) is 17.5 Å². The Kier molecular flexibility index (Phi) is 4.63. The summed E-state index contributed by atoms with van der Waals surface area (Å²) in [6.45, 7) is 5.07. The summed E-state index contributed by atoms with van der Waals surface area (Å²) < 4.78 is 0. The van der Waals surface area contributed by atoms with Crippen LogP contribution in [0.4, 0.5) is 0 Å². The lowest BCUT2D eigenvalue weighted by Gasteiger charge is -2.09. The summed E-state index contributed by atoms with van der Waals surface area (Å²) in [7, 11) is 0. The highest BCUT2D eigenvalue weighted by atomic mass is 35.5. The van der Waals surface area contributed by atoms with E-state index in [0.29, 0.717) is 6.04 Å². The van der Waals surface area contributed by atoms with Crippen LogP contribution >= 0.6 is 23.4 Å². The second-order valence-electron chi connectivity index (χ2n) is 4.19. The number of hydrogen-bond acceptors (Lipinski definition) is 4. The van der Waals surface area contributed by atoms with E-state index >= 15 is 0 Å². The summed E-state index contributed by atoms with van der Waals surface area (Å²) in [6, 6.07) is 6.52. The third kappa shape index (κ3) is 3.73. The summed E-state index contributed by atoms with van der Waals surface area (Å²) in [4.78, 5) is 5.03. The van der Waals surface area contributed by atoms with E-state index in [9.17, 15) is 0 Å². The molecular formula is C12H15ClN4S. The normalized spacial score (nSPS) is 11.1. The van der Waals surface area contributed by atoms with Crippen LogP contribution < -0.4 is 5.32 Å². The number of aromatic amines is 1. The molecule has 1 aromatic heterocycles. The first-order valence-corrected chi connectivity index (χ1v) is 6.89. The fraction of sp³-hybridized carbons (Fsp3) is 0.333. The number of H-pyrrole nitrogens is 1. The Bertz CT molecular complexity index is 499. The van der Waals surface area contributed by atoms with Gasteiger partial charge in [0.25, 0.3) is 0 Å². The Labute approximate surface area is 116 Å². The van der Waals surface area contributed by atoms with Crippen LogP contribution in [0.1, 0.15) is 19.4 Å². The van der Waals surface area contributed by atoms with Gasteiger partial charge in [0.2, 0.25) is 0 Å². The van der Waals surface area contributed by atoms with Gasteiger partial charge in [-0.05, 0) is 29.5 Å². The highest BCUT2D eigenvalue weighted by Crippen LogP contribution is 2.31. The van der Waals surface area contributed by atoms with Gasteiger partial charge in [0.15, 0.2) is 5.16 Å². The van der Waals surface area contributed by atoms with Crippen LogP contribution in [0, 0.1) is 0 Å². The Morgan fingerprint density at radius 3 is 2.89 bits per heavy atom. The molecule has 0 atom stereocenters. The molecule has 0 bridgehead atoms. The second kappa shape index (κ2) is 6.22. The molecule has 0 saturated carbocycles. The first kappa shape index (κ1) is 13.4. The average molecular weight is 283 g/mol. The fourth-order valence-electron chi connectivity index (χ4n) is 1.41. The monoisotopic (exact) mass is 282 g/mol. The van der Waals surface area contributed by atoms with Gasteiger partial charge < -0.3 is 5.32 Å². The Morgan fingerprint density at radius 2 is 2.28 bits per heavy atom. The smallest absolute Gasteiger partial charge is 0.188 e. The van der Waals surface area contributed by atoms with Crippen LogP contribution in [0.2, 0.25) is 5.02 Å². The van der Waals surface area contributed by atoms with Crippen molar-refractivity contribution in [3.05, 3.63) is 35.1 Å². The maximum Gasteiger partial charge on any atom is 0.188 e. The molecule has 2 rings (SSSR count). The van der Waals surface area contributed by atoms with E-state index in [2.05, 4.69) is 40.4 Å². The summed E-state index contributed by atoms with van der Waals surface area (Å²) in [5.74, 6) is 0. The predicted octanol–water partition coefficient (Wildman–Crippen LogP) is 3.11. The number of nitrogens with zero attached hydrogens (tertiary/aromatic N) is 2. The van der Waals surface area contributed by atoms with Crippen LogP contribution in [0.3, 0.4) is 0 Å². The Morgan fingerprint density at radius 1 is 1.44 bits per heavy atom. The summed E-state index contributed by atoms with van der Waals surface area (Å²) in [5.41, 5.74) is 1.18. The van der Waals surface area contributed by atoms with Crippen molar-refractivity contribution in [2.45, 2.75) is 36.5 Å². The minimum Gasteiger partial charge on any atom is -0.310 e. The molecule has 0 aliphatic carbocycles. The molecule has 0 aliphatic heterocycles. The van der Waals surface area contributed by atoms with E-state index in [-0.39, 0.29) is 0 Å². The molecule has 1 heterocycles. The van der Waals surface area contributed by atoms with Gasteiger partial charge in [0.05, 0.1) is 5.02 Å². The van der Waals surface area contributed by atoms with Crippen molar-refractivity contribution in [1.29, 1.82) is 0 Å². The van der Waals surface area contributed by atoms with Crippen molar-refractivity contribution in [3.63, 3.8) is 0 Å². The number of rotatable bonds is 5. The van der Waals surface area contributed by atoms with Gasteiger partial charge in [-0.3, -0.25) is 5.10 Å². The standard InChI is InChI=1S/C12H15ClN4S/c1-8(2)14-6-9-3-4-11(10(13)5-9)18-12-15-7-16-17-12/h3-5,7-8,14H,6H2,1-2H3,(H,15,16,17). The van der Waals surface area contributed by atoms with Crippen molar-refractivity contribution >= 4 is 23.4 Å². The zero-order chi connectivity index (χ0) is 13.0. The highest BCUT2D eigenvalue weighted by Gasteiger charge is 2.06. The first-order valence-electron chi connectivity index (χ1n) is 5.70. The zero-order valence-electron chi connectivity index (χ0n) is 10.3. The summed E-state index contributed by atoms with van der Waals surface area (Å²) in [5, 5.41) is 11.4. The fourth-order valence-corrected chi connectivity index (χ4v) is 2.42. The molecule has 0 saturated heterocycles. The van der Waals surface area contributed by atoms with Crippen molar-refractivity contribution in [2.75, 3.05) is 0 Å². The van der Waals surface area contributed by atoms with Gasteiger partial charge in [-0.2, -0.15) is 5.10 Å². The van der Waals surface area contributed by atoms with E-state index in [1.165, 1.54) is 23.7 Å². The lowest BCUT2D eigenvalue weighted by molar-refractivity contribution is 0.588. The van der Waals surface area contributed by atoms with Crippen LogP contribution in [-0.4, -0.2) is 21.2 Å². The topological polar surface area (TPSA) is 53.6 Å². The maximum absolute atomic E-state index is 6.25. The predicted molar refractivity (Wildman–Crippen MR) is 73.9 cm³/mol. The molecule has 0 spiro atoms. The first-order chi connectivity index (χ1) is 8.65. The maximum atomic E-state index is 6.25. The Hall–Kier alpha value is -1.04. The van der Waals surface area contributed by atoms with Gasteiger partial charge in [0.1, 0.15) is 6.33 Å². The number of hydrogen-bond donors (Lipinski definition) is 2. The molecule has 1 aromatic carbocycles. The zero-order valence-corrected chi connectivity index (χ0v) is 11.8. The Balaban J connectivity index is 2.05. The van der Waals surface area contributed by atoms with Crippen LogP contribution in [0.15, 0.2) is 34.6 Å². The molecule has 0 amide bonds. The van der Waals surface area contributed by atoms with Gasteiger partial charge in [-0.15, -0.1) is 0 Å². The van der Waals surface area contributed by atoms with E-state index < -0.39 is 0 Å². The van der Waals surface area contributed by atoms with Gasteiger partial charge in [-0.25, -0.2) is 4.98 Å². The molecule has 4 nitrogen and oxygen atoms in total. The van der Waals surface area contributed by atoms with Crippen molar-refractivity contribution in [3.8, 4) is 0 Å². The van der Waals surface area contributed by atoms with E-state index in [1.807, 2.05) is 12.1 Å². The number of benzene rings is 1. The largest absolute Gasteiger partial charge is 0.310 e. The highest BCUT2D eigenvalue weighted by molar-refractivity contribution is 7.99. The van der Waals surface area contributed by atoms with E-state index in [4.69, 9.17) is 11.6 Å². The quantitative estimate of drug-likeness (QED) is 0.885. The summed E-state index contributed by atoms with van der Waals surface area (Å²) >= 11 is 7.72. The molecule has 18 heavy (non-hydrogen) atoms. The van der Waals surface area contributed by atoms with Crippen molar-refractivity contribution < 1.29 is 0 Å².